The van der Waals surface area contributed by atoms with Gasteiger partial charge in [-0.2, -0.15) is 0 Å². The number of carbonyl (C=O) groups is 1. The van der Waals surface area contributed by atoms with Crippen LogP contribution >= 0.6 is 15.9 Å². The van der Waals surface area contributed by atoms with Crippen LogP contribution in [0.2, 0.25) is 0 Å². The second kappa shape index (κ2) is 8.62. The first-order chi connectivity index (χ1) is 12.0. The van der Waals surface area contributed by atoms with Crippen LogP contribution in [0, 0.1) is 0 Å². The van der Waals surface area contributed by atoms with Gasteiger partial charge in [-0.05, 0) is 28.1 Å². The van der Waals surface area contributed by atoms with Crippen LogP contribution in [-0.4, -0.2) is 34.4 Å². The van der Waals surface area contributed by atoms with Crippen molar-refractivity contribution in [3.05, 3.63) is 45.9 Å². The number of anilines is 1. The molecule has 0 unspecified atom stereocenters. The van der Waals surface area contributed by atoms with E-state index in [1.165, 1.54) is 7.11 Å². The Morgan fingerprint density at radius 3 is 2.08 bits per heavy atom. The lowest BCUT2D eigenvalue weighted by atomic mass is 10.1. The zero-order chi connectivity index (χ0) is 18.4. The molecule has 134 valence electrons. The summed E-state index contributed by atoms with van der Waals surface area (Å²) in [5.41, 5.74) is 2.17. The van der Waals surface area contributed by atoms with Crippen molar-refractivity contribution in [2.24, 2.45) is 0 Å². The fourth-order valence-electron chi connectivity index (χ4n) is 2.30. The second-order valence-corrected chi connectivity index (χ2v) is 5.86. The van der Waals surface area contributed by atoms with Crippen LogP contribution in [0.3, 0.4) is 0 Å². The molecular formula is C18H20BrNO5. The number of methoxy groups -OCH3 is 4. The maximum atomic E-state index is 11.6. The molecule has 0 amide bonds. The number of benzene rings is 2. The van der Waals surface area contributed by atoms with Gasteiger partial charge in [0.1, 0.15) is 21.7 Å². The number of carbonyl (C=O) groups excluding carboxylic acids is 1. The largest absolute Gasteiger partial charge is 0.496 e. The van der Waals surface area contributed by atoms with E-state index in [4.69, 9.17) is 18.9 Å². The topological polar surface area (TPSA) is 66.0 Å². The first kappa shape index (κ1) is 18.9. The van der Waals surface area contributed by atoms with Crippen LogP contribution in [0.15, 0.2) is 34.8 Å². The van der Waals surface area contributed by atoms with Crippen LogP contribution in [0.25, 0.3) is 0 Å². The van der Waals surface area contributed by atoms with Crippen LogP contribution in [-0.2, 0) is 11.3 Å². The van der Waals surface area contributed by atoms with E-state index < -0.39 is 5.97 Å². The van der Waals surface area contributed by atoms with Crippen molar-refractivity contribution >= 4 is 27.6 Å². The van der Waals surface area contributed by atoms with Crippen molar-refractivity contribution in [1.82, 2.24) is 0 Å². The molecule has 0 saturated carbocycles. The molecule has 0 saturated heterocycles. The normalized spacial score (nSPS) is 10.1. The number of esters is 1. The molecule has 0 spiro atoms. The number of halogens is 1. The van der Waals surface area contributed by atoms with E-state index in [0.29, 0.717) is 29.4 Å². The third-order valence-electron chi connectivity index (χ3n) is 3.64. The van der Waals surface area contributed by atoms with E-state index in [1.54, 1.807) is 33.5 Å². The van der Waals surface area contributed by atoms with E-state index in [1.807, 2.05) is 18.2 Å². The second-order valence-electron chi connectivity index (χ2n) is 5.07. The van der Waals surface area contributed by atoms with Crippen LogP contribution < -0.4 is 19.5 Å². The Morgan fingerprint density at radius 2 is 1.56 bits per heavy atom. The predicted octanol–water partition coefficient (Wildman–Crippen LogP) is 3.87. The molecule has 2 rings (SSSR count). The van der Waals surface area contributed by atoms with Crippen molar-refractivity contribution < 1.29 is 23.7 Å². The Balaban J connectivity index is 2.22. The molecule has 6 nitrogen and oxygen atoms in total. The van der Waals surface area contributed by atoms with Gasteiger partial charge in [0.25, 0.3) is 0 Å². The fourth-order valence-corrected chi connectivity index (χ4v) is 2.86. The summed E-state index contributed by atoms with van der Waals surface area (Å²) in [5.74, 6) is 1.52. The van der Waals surface area contributed by atoms with Gasteiger partial charge in [-0.1, -0.05) is 6.07 Å². The molecule has 25 heavy (non-hydrogen) atoms. The van der Waals surface area contributed by atoms with E-state index in [9.17, 15) is 4.79 Å². The molecule has 0 heterocycles. The predicted molar refractivity (Wildman–Crippen MR) is 98.9 cm³/mol. The summed E-state index contributed by atoms with van der Waals surface area (Å²) >= 11 is 3.44. The van der Waals surface area contributed by atoms with Gasteiger partial charge in [0, 0.05) is 29.9 Å². The molecule has 0 atom stereocenters. The highest BCUT2D eigenvalue weighted by Crippen LogP contribution is 2.37. The molecule has 0 bridgehead atoms. The van der Waals surface area contributed by atoms with Crippen LogP contribution in [0.4, 0.5) is 5.69 Å². The first-order valence-electron chi connectivity index (χ1n) is 7.44. The zero-order valence-corrected chi connectivity index (χ0v) is 16.1. The van der Waals surface area contributed by atoms with Crippen molar-refractivity contribution in [2.75, 3.05) is 33.8 Å². The van der Waals surface area contributed by atoms with Gasteiger partial charge in [0.15, 0.2) is 0 Å². The van der Waals surface area contributed by atoms with Crippen molar-refractivity contribution in [3.8, 4) is 17.2 Å². The summed E-state index contributed by atoms with van der Waals surface area (Å²) in [7, 11) is 6.10. The Kier molecular flexibility index (Phi) is 6.52. The Morgan fingerprint density at radius 1 is 0.960 bits per heavy atom. The Bertz CT molecular complexity index is 738. The molecule has 0 aromatic heterocycles. The maximum Gasteiger partial charge on any atom is 0.337 e. The summed E-state index contributed by atoms with van der Waals surface area (Å²) < 4.78 is 21.5. The molecule has 0 fully saturated rings. The SMILES string of the molecule is COC(=O)c1ccc(CNc2cc(OC)c(Br)c(OC)c2)c(OC)c1. The minimum Gasteiger partial charge on any atom is -0.496 e. The van der Waals surface area contributed by atoms with E-state index in [0.717, 1.165) is 15.7 Å². The lowest BCUT2D eigenvalue weighted by Crippen LogP contribution is -2.06. The lowest BCUT2D eigenvalue weighted by molar-refractivity contribution is 0.0600. The van der Waals surface area contributed by atoms with Crippen molar-refractivity contribution in [2.45, 2.75) is 6.54 Å². The molecule has 0 aliphatic heterocycles. The van der Waals surface area contributed by atoms with Gasteiger partial charge in [-0.3, -0.25) is 0 Å². The van der Waals surface area contributed by atoms with E-state index in [2.05, 4.69) is 21.2 Å². The van der Waals surface area contributed by atoms with Gasteiger partial charge < -0.3 is 24.3 Å². The molecule has 0 radical (unpaired) electrons. The Hall–Kier alpha value is -2.41. The van der Waals surface area contributed by atoms with Gasteiger partial charge in [0.05, 0.1) is 34.0 Å². The monoisotopic (exact) mass is 409 g/mol. The average Bonchev–Trinajstić information content (AvgIpc) is 2.66. The first-order valence-corrected chi connectivity index (χ1v) is 8.24. The van der Waals surface area contributed by atoms with Crippen molar-refractivity contribution in [1.29, 1.82) is 0 Å². The van der Waals surface area contributed by atoms with E-state index in [-0.39, 0.29) is 0 Å². The Labute approximate surface area is 155 Å². The number of hydrogen-bond acceptors (Lipinski definition) is 6. The molecular weight excluding hydrogens is 390 g/mol. The van der Waals surface area contributed by atoms with Crippen LogP contribution in [0.5, 0.6) is 17.2 Å². The quantitative estimate of drug-likeness (QED) is 0.700. The van der Waals surface area contributed by atoms with Crippen LogP contribution in [0.1, 0.15) is 15.9 Å². The maximum absolute atomic E-state index is 11.6. The highest BCUT2D eigenvalue weighted by atomic mass is 79.9. The summed E-state index contributed by atoms with van der Waals surface area (Å²) in [6.45, 7) is 0.499. The standard InChI is InChI=1S/C18H20BrNO5/c1-22-14-7-11(18(21)25-4)5-6-12(14)10-20-13-8-15(23-2)17(19)16(9-13)24-3/h5-9,20H,10H2,1-4H3. The highest BCUT2D eigenvalue weighted by Gasteiger charge is 2.12. The molecule has 2 aromatic rings. The minimum absolute atomic E-state index is 0.403. The van der Waals surface area contributed by atoms with Gasteiger partial charge >= 0.3 is 5.97 Å². The lowest BCUT2D eigenvalue weighted by Gasteiger charge is -2.15. The van der Waals surface area contributed by atoms with Gasteiger partial charge in [-0.15, -0.1) is 0 Å². The van der Waals surface area contributed by atoms with Crippen molar-refractivity contribution in [3.63, 3.8) is 0 Å². The molecule has 0 aliphatic carbocycles. The third kappa shape index (κ3) is 4.36. The molecule has 1 N–H and O–H groups in total. The summed E-state index contributed by atoms with van der Waals surface area (Å²) in [6.07, 6.45) is 0. The molecule has 2 aromatic carbocycles. The molecule has 0 aliphatic rings. The van der Waals surface area contributed by atoms with Gasteiger partial charge in [-0.25, -0.2) is 4.79 Å². The number of nitrogens with one attached hydrogen (secondary N) is 1. The third-order valence-corrected chi connectivity index (χ3v) is 4.42. The average molecular weight is 410 g/mol. The number of rotatable bonds is 7. The summed E-state index contributed by atoms with van der Waals surface area (Å²) in [4.78, 5) is 11.6. The smallest absolute Gasteiger partial charge is 0.337 e. The summed E-state index contributed by atoms with van der Waals surface area (Å²) in [6, 6.07) is 8.91. The minimum atomic E-state index is -0.403. The number of ether oxygens (including phenoxy) is 4. The van der Waals surface area contributed by atoms with E-state index >= 15 is 0 Å². The molecule has 7 heteroatoms. The highest BCUT2D eigenvalue weighted by molar-refractivity contribution is 9.10. The van der Waals surface area contributed by atoms with Gasteiger partial charge in [0.2, 0.25) is 0 Å². The summed E-state index contributed by atoms with van der Waals surface area (Å²) in [5, 5.41) is 3.30. The fraction of sp³-hybridized carbons (Fsp3) is 0.278. The number of hydrogen-bond donors (Lipinski definition) is 1. The zero-order valence-electron chi connectivity index (χ0n) is 14.5.